The van der Waals surface area contributed by atoms with Crippen molar-refractivity contribution in [3.05, 3.63) is 84.4 Å². The minimum atomic E-state index is -3.42. The summed E-state index contributed by atoms with van der Waals surface area (Å²) < 4.78 is 24.0. The van der Waals surface area contributed by atoms with Crippen molar-refractivity contribution in [3.8, 4) is 11.3 Å². The lowest BCUT2D eigenvalue weighted by atomic mass is 10.1. The van der Waals surface area contributed by atoms with Gasteiger partial charge < -0.3 is 5.32 Å². The summed E-state index contributed by atoms with van der Waals surface area (Å²) in [6.45, 7) is 0.204. The second kappa shape index (κ2) is 7.48. The Morgan fingerprint density at radius 3 is 2.62 bits per heavy atom. The molecule has 8 heteroatoms. The number of hydrogen-bond acceptors (Lipinski definition) is 5. The molecule has 4 rings (SSSR count). The molecule has 1 aromatic carbocycles. The van der Waals surface area contributed by atoms with Crippen molar-refractivity contribution in [3.63, 3.8) is 0 Å². The van der Waals surface area contributed by atoms with E-state index in [-0.39, 0.29) is 18.0 Å². The summed E-state index contributed by atoms with van der Waals surface area (Å²) in [4.78, 5) is 21.4. The van der Waals surface area contributed by atoms with Gasteiger partial charge in [-0.3, -0.25) is 13.8 Å². The monoisotopic (exact) mass is 406 g/mol. The zero-order valence-corrected chi connectivity index (χ0v) is 16.4. The average Bonchev–Trinajstić information content (AvgIpc) is 3.23. The molecule has 0 spiro atoms. The number of carbonyl (C=O) groups excluding carboxylic acids is 1. The van der Waals surface area contributed by atoms with E-state index in [0.717, 1.165) is 32.4 Å². The quantitative estimate of drug-likeness (QED) is 0.550. The first-order valence-electron chi connectivity index (χ1n) is 8.88. The maximum Gasteiger partial charge on any atom is 0.253 e. The molecule has 146 valence electrons. The van der Waals surface area contributed by atoms with Gasteiger partial charge >= 0.3 is 0 Å². The highest BCUT2D eigenvalue weighted by Crippen LogP contribution is 2.20. The number of amides is 1. The van der Waals surface area contributed by atoms with Crippen molar-refractivity contribution in [1.82, 2.24) is 19.3 Å². The summed E-state index contributed by atoms with van der Waals surface area (Å²) in [5.74, 6) is -0.375. The van der Waals surface area contributed by atoms with E-state index in [1.165, 1.54) is 18.5 Å². The van der Waals surface area contributed by atoms with Crippen LogP contribution in [0.5, 0.6) is 0 Å². The van der Waals surface area contributed by atoms with Gasteiger partial charge in [0, 0.05) is 29.5 Å². The largest absolute Gasteiger partial charge is 0.346 e. The van der Waals surface area contributed by atoms with Crippen LogP contribution in [-0.2, 0) is 16.6 Å². The van der Waals surface area contributed by atoms with Crippen molar-refractivity contribution in [2.75, 3.05) is 6.26 Å². The summed E-state index contributed by atoms with van der Waals surface area (Å²) in [6, 6.07) is 17.1. The molecular formula is C21H18N4O3S. The summed E-state index contributed by atoms with van der Waals surface area (Å²) in [5.41, 5.74) is 3.60. The van der Waals surface area contributed by atoms with Crippen molar-refractivity contribution in [2.45, 2.75) is 6.54 Å². The van der Waals surface area contributed by atoms with Crippen LogP contribution in [0.3, 0.4) is 0 Å². The number of carbonyl (C=O) groups is 1. The molecule has 7 nitrogen and oxygen atoms in total. The molecule has 4 aromatic rings. The highest BCUT2D eigenvalue weighted by Gasteiger charge is 2.12. The molecule has 0 unspecified atom stereocenters. The second-order valence-corrected chi connectivity index (χ2v) is 8.49. The summed E-state index contributed by atoms with van der Waals surface area (Å²) in [5, 5.41) is 3.66. The minimum absolute atomic E-state index is 0.204. The molecule has 3 heterocycles. The van der Waals surface area contributed by atoms with E-state index in [2.05, 4.69) is 10.3 Å². The SMILES string of the molecule is CS(=O)(=O)n1ccc(C(=O)NCc2cc3nc(-c4ccccc4)ccc3cn2)c1. The van der Waals surface area contributed by atoms with Gasteiger partial charge in [0.1, 0.15) is 0 Å². The molecule has 0 aliphatic heterocycles. The van der Waals surface area contributed by atoms with Crippen molar-refractivity contribution in [2.24, 2.45) is 0 Å². The Kier molecular flexibility index (Phi) is 4.85. The first-order valence-corrected chi connectivity index (χ1v) is 10.7. The van der Waals surface area contributed by atoms with Crippen LogP contribution in [0.25, 0.3) is 22.2 Å². The minimum Gasteiger partial charge on any atom is -0.346 e. The third-order valence-electron chi connectivity index (χ3n) is 4.44. The molecule has 0 atom stereocenters. The Bertz CT molecular complexity index is 1300. The lowest BCUT2D eigenvalue weighted by Crippen LogP contribution is -2.23. The predicted molar refractivity (Wildman–Crippen MR) is 111 cm³/mol. The Hall–Kier alpha value is -3.52. The molecular weight excluding hydrogens is 388 g/mol. The molecule has 29 heavy (non-hydrogen) atoms. The molecule has 1 amide bonds. The number of rotatable bonds is 5. The molecule has 0 aliphatic carbocycles. The van der Waals surface area contributed by atoms with Gasteiger partial charge in [-0.2, -0.15) is 0 Å². The van der Waals surface area contributed by atoms with E-state index in [0.29, 0.717) is 5.69 Å². The standard InChI is InChI=1S/C21H18N4O3S/c1-29(27,28)25-10-9-17(14-25)21(26)23-13-18-11-20-16(12-22-18)7-8-19(24-20)15-5-3-2-4-6-15/h2-12,14H,13H2,1H3,(H,23,26). The number of pyridine rings is 2. The number of nitrogens with zero attached hydrogens (tertiary/aromatic N) is 3. The molecule has 3 aromatic heterocycles. The van der Waals surface area contributed by atoms with Crippen LogP contribution < -0.4 is 5.32 Å². The molecule has 0 bridgehead atoms. The topological polar surface area (TPSA) is 94.0 Å². The van der Waals surface area contributed by atoms with Crippen LogP contribution in [0.15, 0.2) is 73.2 Å². The lowest BCUT2D eigenvalue weighted by Gasteiger charge is -2.06. The zero-order chi connectivity index (χ0) is 20.4. The Morgan fingerprint density at radius 2 is 1.90 bits per heavy atom. The third kappa shape index (κ3) is 4.17. The number of benzene rings is 1. The molecule has 1 N–H and O–H groups in total. The average molecular weight is 406 g/mol. The fourth-order valence-electron chi connectivity index (χ4n) is 2.91. The number of nitrogens with one attached hydrogen (secondary N) is 1. The van der Waals surface area contributed by atoms with Gasteiger partial charge in [-0.1, -0.05) is 30.3 Å². The first-order chi connectivity index (χ1) is 13.9. The van der Waals surface area contributed by atoms with E-state index >= 15 is 0 Å². The molecule has 0 radical (unpaired) electrons. The van der Waals surface area contributed by atoms with E-state index in [4.69, 9.17) is 4.98 Å². The highest BCUT2D eigenvalue weighted by molar-refractivity contribution is 7.89. The second-order valence-electron chi connectivity index (χ2n) is 6.61. The van der Waals surface area contributed by atoms with Gasteiger partial charge in [-0.25, -0.2) is 13.4 Å². The van der Waals surface area contributed by atoms with Crippen molar-refractivity contribution < 1.29 is 13.2 Å². The molecule has 0 aliphatic rings. The molecule has 0 saturated heterocycles. The van der Waals surface area contributed by atoms with Crippen LogP contribution in [-0.4, -0.2) is 34.5 Å². The van der Waals surface area contributed by atoms with Crippen LogP contribution in [0, 0.1) is 0 Å². The van der Waals surface area contributed by atoms with Gasteiger partial charge in [0.05, 0.1) is 35.3 Å². The van der Waals surface area contributed by atoms with Crippen molar-refractivity contribution >= 4 is 26.8 Å². The van der Waals surface area contributed by atoms with Gasteiger partial charge in [-0.05, 0) is 24.3 Å². The van der Waals surface area contributed by atoms with Crippen LogP contribution in [0.2, 0.25) is 0 Å². The van der Waals surface area contributed by atoms with Gasteiger partial charge in [0.25, 0.3) is 5.91 Å². The Morgan fingerprint density at radius 1 is 1.10 bits per heavy atom. The smallest absolute Gasteiger partial charge is 0.253 e. The number of hydrogen-bond donors (Lipinski definition) is 1. The van der Waals surface area contributed by atoms with E-state index in [1.807, 2.05) is 48.5 Å². The summed E-state index contributed by atoms with van der Waals surface area (Å²) in [6.07, 6.45) is 5.42. The van der Waals surface area contributed by atoms with Crippen LogP contribution in [0.1, 0.15) is 16.1 Å². The van der Waals surface area contributed by atoms with Crippen LogP contribution >= 0.6 is 0 Å². The van der Waals surface area contributed by atoms with Crippen molar-refractivity contribution in [1.29, 1.82) is 0 Å². The van der Waals surface area contributed by atoms with Gasteiger partial charge in [0.15, 0.2) is 0 Å². The maximum atomic E-state index is 12.3. The summed E-state index contributed by atoms with van der Waals surface area (Å²) in [7, 11) is -3.42. The normalized spacial score (nSPS) is 11.5. The summed E-state index contributed by atoms with van der Waals surface area (Å²) >= 11 is 0. The third-order valence-corrected chi connectivity index (χ3v) is 5.44. The van der Waals surface area contributed by atoms with E-state index < -0.39 is 10.0 Å². The van der Waals surface area contributed by atoms with E-state index in [1.54, 1.807) is 6.20 Å². The zero-order valence-electron chi connectivity index (χ0n) is 15.6. The predicted octanol–water partition coefficient (Wildman–Crippen LogP) is 2.84. The highest BCUT2D eigenvalue weighted by atomic mass is 32.2. The fourth-order valence-corrected chi connectivity index (χ4v) is 3.50. The fraction of sp³-hybridized carbons (Fsp3) is 0.0952. The van der Waals surface area contributed by atoms with Gasteiger partial charge in [-0.15, -0.1) is 0 Å². The Labute approximate surface area is 168 Å². The lowest BCUT2D eigenvalue weighted by molar-refractivity contribution is 0.0950. The first kappa shape index (κ1) is 18.8. The van der Waals surface area contributed by atoms with Crippen LogP contribution in [0.4, 0.5) is 0 Å². The maximum absolute atomic E-state index is 12.3. The van der Waals surface area contributed by atoms with E-state index in [9.17, 15) is 13.2 Å². The molecule has 0 saturated carbocycles. The number of fused-ring (bicyclic) bond motifs is 1. The van der Waals surface area contributed by atoms with Gasteiger partial charge in [0.2, 0.25) is 10.0 Å². The Balaban J connectivity index is 1.52. The number of aromatic nitrogens is 3. The molecule has 0 fully saturated rings.